The van der Waals surface area contributed by atoms with Crippen LogP contribution in [0.2, 0.25) is 0 Å². The Morgan fingerprint density at radius 3 is 2.26 bits per heavy atom. The lowest BCUT2D eigenvalue weighted by atomic mass is 9.81. The first-order valence-electron chi connectivity index (χ1n) is 6.88. The van der Waals surface area contributed by atoms with Gasteiger partial charge in [-0.1, -0.05) is 45.0 Å². The lowest BCUT2D eigenvalue weighted by molar-refractivity contribution is 0.506. The van der Waals surface area contributed by atoms with Crippen LogP contribution in [0.4, 0.5) is 0 Å². The van der Waals surface area contributed by atoms with Gasteiger partial charge in [-0.05, 0) is 52.4 Å². The van der Waals surface area contributed by atoms with Crippen molar-refractivity contribution in [2.24, 2.45) is 0 Å². The van der Waals surface area contributed by atoms with Gasteiger partial charge in [-0.2, -0.15) is 11.3 Å². The van der Waals surface area contributed by atoms with E-state index in [-0.39, 0.29) is 5.41 Å². The maximum absolute atomic E-state index is 3.40. The van der Waals surface area contributed by atoms with Gasteiger partial charge in [0.2, 0.25) is 0 Å². The first-order valence-corrected chi connectivity index (χ1v) is 7.82. The molecule has 1 aromatic carbocycles. The summed E-state index contributed by atoms with van der Waals surface area (Å²) < 4.78 is 0. The lowest BCUT2D eigenvalue weighted by Gasteiger charge is -2.24. The van der Waals surface area contributed by atoms with Crippen LogP contribution in [0.1, 0.15) is 49.9 Å². The zero-order chi connectivity index (χ0) is 13.9. The number of thiophene rings is 1. The van der Waals surface area contributed by atoms with Gasteiger partial charge in [0.1, 0.15) is 0 Å². The van der Waals surface area contributed by atoms with Crippen LogP contribution in [0, 0.1) is 0 Å². The molecule has 1 aromatic heterocycles. The summed E-state index contributed by atoms with van der Waals surface area (Å²) in [7, 11) is 2.02. The number of nitrogens with one attached hydrogen (secondary N) is 1. The summed E-state index contributed by atoms with van der Waals surface area (Å²) in [5.41, 5.74) is 4.35. The van der Waals surface area contributed by atoms with Gasteiger partial charge in [0.15, 0.2) is 0 Å². The van der Waals surface area contributed by atoms with Crippen molar-refractivity contribution in [1.82, 2.24) is 5.32 Å². The highest BCUT2D eigenvalue weighted by Gasteiger charge is 2.19. The minimum atomic E-state index is 0.260. The van der Waals surface area contributed by atoms with Gasteiger partial charge in [-0.15, -0.1) is 0 Å². The molecule has 1 atom stereocenters. The van der Waals surface area contributed by atoms with E-state index in [4.69, 9.17) is 0 Å². The molecule has 0 saturated carbocycles. The standard InChI is InChI=1S/C17H23NS/c1-5-17(2,3)15-8-6-13(7-9-15)16(18-4)14-10-11-19-12-14/h6-12,16,18H,5H2,1-4H3. The van der Waals surface area contributed by atoms with Crippen molar-refractivity contribution in [1.29, 1.82) is 0 Å². The second-order valence-electron chi connectivity index (χ2n) is 5.64. The third-order valence-electron chi connectivity index (χ3n) is 4.07. The quantitative estimate of drug-likeness (QED) is 0.829. The Morgan fingerprint density at radius 1 is 1.11 bits per heavy atom. The highest BCUT2D eigenvalue weighted by Crippen LogP contribution is 2.29. The molecule has 0 aliphatic carbocycles. The van der Waals surface area contributed by atoms with Crippen molar-refractivity contribution in [3.63, 3.8) is 0 Å². The summed E-state index contributed by atoms with van der Waals surface area (Å²) in [5.74, 6) is 0. The Hall–Kier alpha value is -1.12. The maximum Gasteiger partial charge on any atom is 0.0582 e. The molecule has 102 valence electrons. The molecule has 19 heavy (non-hydrogen) atoms. The largest absolute Gasteiger partial charge is 0.309 e. The monoisotopic (exact) mass is 273 g/mol. The predicted octanol–water partition coefficient (Wildman–Crippen LogP) is 4.74. The summed E-state index contributed by atoms with van der Waals surface area (Å²) in [6, 6.07) is 11.5. The molecule has 0 bridgehead atoms. The number of rotatable bonds is 5. The summed E-state index contributed by atoms with van der Waals surface area (Å²) in [5, 5.41) is 7.75. The smallest absolute Gasteiger partial charge is 0.0582 e. The maximum atomic E-state index is 3.40. The van der Waals surface area contributed by atoms with E-state index >= 15 is 0 Å². The first-order chi connectivity index (χ1) is 9.08. The van der Waals surface area contributed by atoms with E-state index in [0.717, 1.165) is 6.42 Å². The molecule has 1 nitrogen and oxygen atoms in total. The average Bonchev–Trinajstić information content (AvgIpc) is 2.94. The number of hydrogen-bond donors (Lipinski definition) is 1. The van der Waals surface area contributed by atoms with E-state index in [1.165, 1.54) is 16.7 Å². The fourth-order valence-electron chi connectivity index (χ4n) is 2.30. The summed E-state index contributed by atoms with van der Waals surface area (Å²) in [6.07, 6.45) is 1.16. The van der Waals surface area contributed by atoms with E-state index in [0.29, 0.717) is 6.04 Å². The van der Waals surface area contributed by atoms with Gasteiger partial charge in [0, 0.05) is 0 Å². The molecule has 0 aliphatic rings. The second-order valence-corrected chi connectivity index (χ2v) is 6.42. The summed E-state index contributed by atoms with van der Waals surface area (Å²) in [6.45, 7) is 6.85. The van der Waals surface area contributed by atoms with Crippen LogP contribution in [0.5, 0.6) is 0 Å². The minimum absolute atomic E-state index is 0.260. The fraction of sp³-hybridized carbons (Fsp3) is 0.412. The van der Waals surface area contributed by atoms with Gasteiger partial charge in [0.05, 0.1) is 6.04 Å². The highest BCUT2D eigenvalue weighted by molar-refractivity contribution is 7.08. The SMILES string of the molecule is CCC(C)(C)c1ccc(C(NC)c2ccsc2)cc1. The molecule has 0 spiro atoms. The van der Waals surface area contributed by atoms with Gasteiger partial charge >= 0.3 is 0 Å². The molecular formula is C17H23NS. The van der Waals surface area contributed by atoms with Gasteiger partial charge in [-0.3, -0.25) is 0 Å². The molecule has 1 unspecified atom stereocenters. The van der Waals surface area contributed by atoms with E-state index in [1.807, 2.05) is 7.05 Å². The van der Waals surface area contributed by atoms with Crippen LogP contribution in [-0.4, -0.2) is 7.05 Å². The third kappa shape index (κ3) is 3.07. The van der Waals surface area contributed by atoms with Crippen molar-refractivity contribution < 1.29 is 0 Å². The normalized spacial score (nSPS) is 13.5. The molecule has 0 aliphatic heterocycles. The molecule has 0 saturated heterocycles. The zero-order valence-corrected chi connectivity index (χ0v) is 13.1. The molecular weight excluding hydrogens is 250 g/mol. The number of benzene rings is 1. The van der Waals surface area contributed by atoms with Crippen LogP contribution < -0.4 is 5.32 Å². The van der Waals surface area contributed by atoms with Crippen LogP contribution in [0.3, 0.4) is 0 Å². The topological polar surface area (TPSA) is 12.0 Å². The van der Waals surface area contributed by atoms with Gasteiger partial charge in [-0.25, -0.2) is 0 Å². The lowest BCUT2D eigenvalue weighted by Crippen LogP contribution is -2.18. The van der Waals surface area contributed by atoms with Crippen molar-refractivity contribution >= 4 is 11.3 Å². The van der Waals surface area contributed by atoms with Crippen LogP contribution in [0.25, 0.3) is 0 Å². The summed E-state index contributed by atoms with van der Waals surface area (Å²) >= 11 is 1.75. The average molecular weight is 273 g/mol. The summed E-state index contributed by atoms with van der Waals surface area (Å²) in [4.78, 5) is 0. The second kappa shape index (κ2) is 5.89. The van der Waals surface area contributed by atoms with E-state index in [1.54, 1.807) is 11.3 Å². The zero-order valence-electron chi connectivity index (χ0n) is 12.2. The highest BCUT2D eigenvalue weighted by atomic mass is 32.1. The van der Waals surface area contributed by atoms with Crippen molar-refractivity contribution in [2.75, 3.05) is 7.05 Å². The van der Waals surface area contributed by atoms with Crippen molar-refractivity contribution in [3.05, 3.63) is 57.8 Å². The Kier molecular flexibility index (Phi) is 4.43. The van der Waals surface area contributed by atoms with Gasteiger partial charge in [0.25, 0.3) is 0 Å². The Labute approximate surface area is 120 Å². The first kappa shape index (κ1) is 14.3. The van der Waals surface area contributed by atoms with Crippen molar-refractivity contribution in [3.8, 4) is 0 Å². The molecule has 0 fully saturated rings. The Balaban J connectivity index is 2.27. The van der Waals surface area contributed by atoms with E-state index in [2.05, 4.69) is 67.2 Å². The van der Waals surface area contributed by atoms with E-state index in [9.17, 15) is 0 Å². The third-order valence-corrected chi connectivity index (χ3v) is 4.78. The molecule has 2 heteroatoms. The van der Waals surface area contributed by atoms with E-state index < -0.39 is 0 Å². The fourth-order valence-corrected chi connectivity index (χ4v) is 2.98. The van der Waals surface area contributed by atoms with Crippen LogP contribution in [-0.2, 0) is 5.41 Å². The van der Waals surface area contributed by atoms with Crippen LogP contribution in [0.15, 0.2) is 41.1 Å². The molecule has 0 radical (unpaired) electrons. The van der Waals surface area contributed by atoms with Gasteiger partial charge < -0.3 is 5.32 Å². The Morgan fingerprint density at radius 2 is 1.79 bits per heavy atom. The molecule has 2 rings (SSSR count). The molecule has 1 N–H and O–H groups in total. The van der Waals surface area contributed by atoms with Crippen LogP contribution >= 0.6 is 11.3 Å². The molecule has 0 amide bonds. The Bertz CT molecular complexity index is 497. The number of hydrogen-bond acceptors (Lipinski definition) is 2. The van der Waals surface area contributed by atoms with Crippen molar-refractivity contribution in [2.45, 2.75) is 38.6 Å². The predicted molar refractivity (Wildman–Crippen MR) is 85.0 cm³/mol. The molecule has 1 heterocycles. The minimum Gasteiger partial charge on any atom is -0.309 e. The molecule has 2 aromatic rings.